The second-order valence-electron chi connectivity index (χ2n) is 4.55. The number of methoxy groups -OCH3 is 1. The Hall–Kier alpha value is -1.97. The maximum atomic E-state index is 11.9. The minimum atomic E-state index is -0.291. The molecular formula is C15H19NO3. The molecule has 19 heavy (non-hydrogen) atoms. The van der Waals surface area contributed by atoms with Gasteiger partial charge in [0, 0.05) is 16.6 Å². The maximum absolute atomic E-state index is 11.9. The van der Waals surface area contributed by atoms with Gasteiger partial charge in [-0.05, 0) is 44.5 Å². The first-order valence-electron chi connectivity index (χ1n) is 6.41. The van der Waals surface area contributed by atoms with Gasteiger partial charge in [0.25, 0.3) is 0 Å². The van der Waals surface area contributed by atoms with Gasteiger partial charge in [-0.2, -0.15) is 0 Å². The van der Waals surface area contributed by atoms with E-state index in [-0.39, 0.29) is 11.9 Å². The highest BCUT2D eigenvalue weighted by Gasteiger charge is 2.22. The third-order valence-electron chi connectivity index (χ3n) is 3.32. The van der Waals surface area contributed by atoms with E-state index in [1.54, 1.807) is 7.11 Å². The summed E-state index contributed by atoms with van der Waals surface area (Å²) in [5.41, 5.74) is 2.97. The number of nitrogens with one attached hydrogen (secondary N) is 1. The molecule has 1 aromatic heterocycles. The van der Waals surface area contributed by atoms with Crippen LogP contribution in [0.5, 0.6) is 5.75 Å². The fourth-order valence-electron chi connectivity index (χ4n) is 2.40. The Morgan fingerprint density at radius 3 is 2.79 bits per heavy atom. The summed E-state index contributed by atoms with van der Waals surface area (Å²) in [5, 5.41) is 1.01. The summed E-state index contributed by atoms with van der Waals surface area (Å²) >= 11 is 0. The number of carbonyl (C=O) groups is 1. The quantitative estimate of drug-likeness (QED) is 0.860. The summed E-state index contributed by atoms with van der Waals surface area (Å²) in [6, 6.07) is 5.81. The molecule has 0 bridgehead atoms. The summed E-state index contributed by atoms with van der Waals surface area (Å²) in [5.74, 6) is 0.291. The number of aromatic nitrogens is 1. The summed E-state index contributed by atoms with van der Waals surface area (Å²) in [6.07, 6.45) is 0. The van der Waals surface area contributed by atoms with Crippen LogP contribution in [0.1, 0.15) is 31.0 Å². The van der Waals surface area contributed by atoms with Crippen molar-refractivity contribution >= 4 is 16.9 Å². The van der Waals surface area contributed by atoms with Crippen LogP contribution in [0.3, 0.4) is 0 Å². The summed E-state index contributed by atoms with van der Waals surface area (Å²) in [6.45, 7) is 6.05. The molecule has 4 heteroatoms. The number of aromatic amines is 1. The summed E-state index contributed by atoms with van der Waals surface area (Å²) in [4.78, 5) is 15.2. The van der Waals surface area contributed by atoms with Crippen LogP contribution in [-0.4, -0.2) is 24.7 Å². The number of rotatable bonds is 4. The van der Waals surface area contributed by atoms with Crippen LogP contribution < -0.4 is 4.74 Å². The normalized spacial score (nSPS) is 12.4. The minimum Gasteiger partial charge on any atom is -0.497 e. The third-order valence-corrected chi connectivity index (χ3v) is 3.32. The molecule has 0 saturated heterocycles. The highest BCUT2D eigenvalue weighted by Crippen LogP contribution is 2.32. The lowest BCUT2D eigenvalue weighted by molar-refractivity contribution is -0.144. The van der Waals surface area contributed by atoms with E-state index in [4.69, 9.17) is 9.47 Å². The summed E-state index contributed by atoms with van der Waals surface area (Å²) < 4.78 is 10.3. The van der Waals surface area contributed by atoms with E-state index in [0.29, 0.717) is 6.61 Å². The standard InChI is InChI=1S/C15H19NO3/c1-5-19-15(17)9(2)14-10(3)16-13-7-6-11(18-4)8-12(13)14/h6-9,16H,5H2,1-4H3. The fourth-order valence-corrected chi connectivity index (χ4v) is 2.40. The van der Waals surface area contributed by atoms with Crippen LogP contribution in [0.2, 0.25) is 0 Å². The lowest BCUT2D eigenvalue weighted by Gasteiger charge is -2.11. The number of hydrogen-bond acceptors (Lipinski definition) is 3. The van der Waals surface area contributed by atoms with Gasteiger partial charge in [0.2, 0.25) is 0 Å². The molecular weight excluding hydrogens is 242 g/mol. The van der Waals surface area contributed by atoms with E-state index < -0.39 is 0 Å². The number of H-pyrrole nitrogens is 1. The largest absolute Gasteiger partial charge is 0.497 e. The monoisotopic (exact) mass is 261 g/mol. The molecule has 4 nitrogen and oxygen atoms in total. The lowest BCUT2D eigenvalue weighted by atomic mass is 9.98. The van der Waals surface area contributed by atoms with Gasteiger partial charge in [-0.25, -0.2) is 0 Å². The number of aryl methyl sites for hydroxylation is 1. The van der Waals surface area contributed by atoms with Gasteiger partial charge >= 0.3 is 5.97 Å². The molecule has 0 radical (unpaired) electrons. The molecule has 2 aromatic rings. The molecule has 1 unspecified atom stereocenters. The molecule has 2 rings (SSSR count). The average Bonchev–Trinajstić information content (AvgIpc) is 2.72. The van der Waals surface area contributed by atoms with Gasteiger partial charge < -0.3 is 14.5 Å². The van der Waals surface area contributed by atoms with Gasteiger partial charge in [0.1, 0.15) is 5.75 Å². The Bertz CT molecular complexity index is 601. The van der Waals surface area contributed by atoms with E-state index >= 15 is 0 Å². The van der Waals surface area contributed by atoms with Gasteiger partial charge in [-0.3, -0.25) is 4.79 Å². The Morgan fingerprint density at radius 2 is 2.16 bits per heavy atom. The molecule has 0 fully saturated rings. The smallest absolute Gasteiger partial charge is 0.313 e. The second-order valence-corrected chi connectivity index (χ2v) is 4.55. The van der Waals surface area contributed by atoms with Crippen LogP contribution in [-0.2, 0) is 9.53 Å². The first kappa shape index (κ1) is 13.5. The van der Waals surface area contributed by atoms with Crippen molar-refractivity contribution in [1.82, 2.24) is 4.98 Å². The maximum Gasteiger partial charge on any atom is 0.313 e. The van der Waals surface area contributed by atoms with Crippen molar-refractivity contribution in [2.24, 2.45) is 0 Å². The molecule has 0 amide bonds. The minimum absolute atomic E-state index is 0.200. The van der Waals surface area contributed by atoms with Gasteiger partial charge in [0.15, 0.2) is 0 Å². The lowest BCUT2D eigenvalue weighted by Crippen LogP contribution is -2.13. The molecule has 1 aromatic carbocycles. The number of carbonyl (C=O) groups excluding carboxylic acids is 1. The van der Waals surface area contributed by atoms with Crippen LogP contribution >= 0.6 is 0 Å². The first-order valence-corrected chi connectivity index (χ1v) is 6.41. The van der Waals surface area contributed by atoms with Gasteiger partial charge in [-0.1, -0.05) is 0 Å². The molecule has 102 valence electrons. The third kappa shape index (κ3) is 2.43. The Kier molecular flexibility index (Phi) is 3.79. The van der Waals surface area contributed by atoms with Crippen molar-refractivity contribution in [3.8, 4) is 5.75 Å². The molecule has 1 heterocycles. The molecule has 0 aliphatic rings. The zero-order valence-corrected chi connectivity index (χ0v) is 11.7. The van der Waals surface area contributed by atoms with Crippen LogP contribution in [0.4, 0.5) is 0 Å². The number of ether oxygens (including phenoxy) is 2. The molecule has 0 aliphatic carbocycles. The van der Waals surface area contributed by atoms with Crippen LogP contribution in [0, 0.1) is 6.92 Å². The number of fused-ring (bicyclic) bond motifs is 1. The van der Waals surface area contributed by atoms with Gasteiger partial charge in [0.05, 0.1) is 19.6 Å². The predicted octanol–water partition coefficient (Wildman–Crippen LogP) is 3.15. The molecule has 0 aliphatic heterocycles. The molecule has 1 atom stereocenters. The van der Waals surface area contributed by atoms with Crippen LogP contribution in [0.15, 0.2) is 18.2 Å². The topological polar surface area (TPSA) is 51.3 Å². The number of esters is 1. The molecule has 0 saturated carbocycles. The summed E-state index contributed by atoms with van der Waals surface area (Å²) in [7, 11) is 1.63. The average molecular weight is 261 g/mol. The van der Waals surface area contributed by atoms with Crippen molar-refractivity contribution < 1.29 is 14.3 Å². The zero-order valence-electron chi connectivity index (χ0n) is 11.7. The highest BCUT2D eigenvalue weighted by molar-refractivity contribution is 5.91. The highest BCUT2D eigenvalue weighted by atomic mass is 16.5. The van der Waals surface area contributed by atoms with E-state index in [2.05, 4.69) is 4.98 Å². The number of benzene rings is 1. The van der Waals surface area contributed by atoms with Gasteiger partial charge in [-0.15, -0.1) is 0 Å². The van der Waals surface area contributed by atoms with E-state index in [1.807, 2.05) is 39.0 Å². The van der Waals surface area contributed by atoms with Crippen molar-refractivity contribution in [1.29, 1.82) is 0 Å². The Labute approximate surface area is 112 Å². The Morgan fingerprint density at radius 1 is 1.42 bits per heavy atom. The SMILES string of the molecule is CCOC(=O)C(C)c1c(C)[nH]c2ccc(OC)cc12. The van der Waals surface area contributed by atoms with Crippen molar-refractivity contribution in [3.05, 3.63) is 29.5 Å². The first-order chi connectivity index (χ1) is 9.08. The van der Waals surface area contributed by atoms with Crippen molar-refractivity contribution in [3.63, 3.8) is 0 Å². The van der Waals surface area contributed by atoms with E-state index in [0.717, 1.165) is 27.9 Å². The van der Waals surface area contributed by atoms with Crippen molar-refractivity contribution in [2.45, 2.75) is 26.7 Å². The molecule has 0 spiro atoms. The zero-order chi connectivity index (χ0) is 14.0. The molecule has 1 N–H and O–H groups in total. The van der Waals surface area contributed by atoms with Crippen LogP contribution in [0.25, 0.3) is 10.9 Å². The second kappa shape index (κ2) is 5.34. The van der Waals surface area contributed by atoms with E-state index in [1.165, 1.54) is 0 Å². The van der Waals surface area contributed by atoms with E-state index in [9.17, 15) is 4.79 Å². The Balaban J connectivity index is 2.52. The predicted molar refractivity (Wildman–Crippen MR) is 74.6 cm³/mol. The number of hydrogen-bond donors (Lipinski definition) is 1. The van der Waals surface area contributed by atoms with Crippen molar-refractivity contribution in [2.75, 3.05) is 13.7 Å². The fraction of sp³-hybridized carbons (Fsp3) is 0.400.